The molecule has 0 aromatic carbocycles. The summed E-state index contributed by atoms with van der Waals surface area (Å²) in [5, 5.41) is 4.62. The van der Waals surface area contributed by atoms with Gasteiger partial charge in [-0.2, -0.15) is 0 Å². The molecule has 0 aromatic heterocycles. The fraction of sp³-hybridized carbons (Fsp3) is 0.500. The standard InChI is InChI=1S/C6H8BrNO/c1-2-5-3-6(4-7)9-8-5/h2,6H,1,3-4H2. The van der Waals surface area contributed by atoms with Crippen LogP contribution in [0.5, 0.6) is 0 Å². The van der Waals surface area contributed by atoms with Gasteiger partial charge in [0.1, 0.15) is 6.10 Å². The minimum atomic E-state index is 0.220. The second-order valence-corrected chi connectivity index (χ2v) is 2.52. The molecule has 0 fully saturated rings. The lowest BCUT2D eigenvalue weighted by atomic mass is 10.2. The van der Waals surface area contributed by atoms with E-state index in [1.807, 2.05) is 0 Å². The lowest BCUT2D eigenvalue weighted by Gasteiger charge is -1.99. The van der Waals surface area contributed by atoms with E-state index in [2.05, 4.69) is 27.7 Å². The largest absolute Gasteiger partial charge is 0.391 e. The Morgan fingerprint density at radius 1 is 2.00 bits per heavy atom. The summed E-state index contributed by atoms with van der Waals surface area (Å²) in [7, 11) is 0. The van der Waals surface area contributed by atoms with Gasteiger partial charge in [0.25, 0.3) is 0 Å². The van der Waals surface area contributed by atoms with Crippen molar-refractivity contribution in [2.75, 3.05) is 5.33 Å². The number of nitrogens with zero attached hydrogens (tertiary/aromatic N) is 1. The third-order valence-electron chi connectivity index (χ3n) is 1.16. The Balaban J connectivity index is 2.39. The quantitative estimate of drug-likeness (QED) is 0.607. The maximum absolute atomic E-state index is 4.98. The maximum atomic E-state index is 4.98. The predicted molar refractivity (Wildman–Crippen MR) is 40.9 cm³/mol. The molecular formula is C6H8BrNO. The summed E-state index contributed by atoms with van der Waals surface area (Å²) < 4.78 is 0. The van der Waals surface area contributed by atoms with Crippen molar-refractivity contribution in [2.45, 2.75) is 12.5 Å². The molecule has 0 saturated carbocycles. The van der Waals surface area contributed by atoms with Gasteiger partial charge in [-0.3, -0.25) is 0 Å². The molecule has 1 heterocycles. The lowest BCUT2D eigenvalue weighted by Crippen LogP contribution is -2.07. The van der Waals surface area contributed by atoms with E-state index in [1.54, 1.807) is 6.08 Å². The third kappa shape index (κ3) is 1.55. The number of halogens is 1. The van der Waals surface area contributed by atoms with Crippen molar-refractivity contribution in [3.05, 3.63) is 12.7 Å². The van der Waals surface area contributed by atoms with Crippen LogP contribution < -0.4 is 0 Å². The monoisotopic (exact) mass is 189 g/mol. The van der Waals surface area contributed by atoms with E-state index in [4.69, 9.17) is 4.84 Å². The molecule has 0 bridgehead atoms. The Labute approximate surface area is 62.7 Å². The molecule has 0 aliphatic carbocycles. The summed E-state index contributed by atoms with van der Waals surface area (Å²) in [5.41, 5.74) is 0.944. The Bertz CT molecular complexity index is 144. The van der Waals surface area contributed by atoms with E-state index in [0.717, 1.165) is 17.5 Å². The molecule has 0 aromatic rings. The van der Waals surface area contributed by atoms with Gasteiger partial charge < -0.3 is 4.84 Å². The van der Waals surface area contributed by atoms with Crippen molar-refractivity contribution in [3.8, 4) is 0 Å². The van der Waals surface area contributed by atoms with Gasteiger partial charge in [0.15, 0.2) is 0 Å². The minimum Gasteiger partial charge on any atom is -0.391 e. The van der Waals surface area contributed by atoms with Crippen LogP contribution in [-0.2, 0) is 4.84 Å². The Morgan fingerprint density at radius 3 is 3.11 bits per heavy atom. The van der Waals surface area contributed by atoms with Crippen LogP contribution in [0.1, 0.15) is 6.42 Å². The summed E-state index contributed by atoms with van der Waals surface area (Å²) in [6.07, 6.45) is 2.83. The summed E-state index contributed by atoms with van der Waals surface area (Å²) in [4.78, 5) is 4.98. The lowest BCUT2D eigenvalue weighted by molar-refractivity contribution is 0.104. The van der Waals surface area contributed by atoms with Gasteiger partial charge in [0.05, 0.1) is 5.71 Å². The normalized spacial score (nSPS) is 25.0. The second-order valence-electron chi connectivity index (χ2n) is 1.87. The number of rotatable bonds is 2. The average Bonchev–Trinajstić information content (AvgIpc) is 2.34. The molecule has 1 aliphatic heterocycles. The predicted octanol–water partition coefficient (Wildman–Crippen LogP) is 1.71. The van der Waals surface area contributed by atoms with Gasteiger partial charge in [-0.05, 0) is 6.08 Å². The van der Waals surface area contributed by atoms with Crippen molar-refractivity contribution in [2.24, 2.45) is 5.16 Å². The number of allylic oxidation sites excluding steroid dienone is 1. The molecule has 1 aliphatic rings. The fourth-order valence-corrected chi connectivity index (χ4v) is 1.00. The van der Waals surface area contributed by atoms with Crippen LogP contribution in [0.3, 0.4) is 0 Å². The van der Waals surface area contributed by atoms with Gasteiger partial charge in [-0.1, -0.05) is 27.7 Å². The van der Waals surface area contributed by atoms with Crippen molar-refractivity contribution >= 4 is 21.6 Å². The minimum absolute atomic E-state index is 0.220. The highest BCUT2D eigenvalue weighted by atomic mass is 79.9. The van der Waals surface area contributed by atoms with Crippen LogP contribution in [0.4, 0.5) is 0 Å². The van der Waals surface area contributed by atoms with Crippen LogP contribution in [-0.4, -0.2) is 17.1 Å². The zero-order valence-corrected chi connectivity index (χ0v) is 6.60. The highest BCUT2D eigenvalue weighted by molar-refractivity contribution is 9.09. The van der Waals surface area contributed by atoms with Crippen molar-refractivity contribution < 1.29 is 4.84 Å². The second kappa shape index (κ2) is 3.01. The van der Waals surface area contributed by atoms with Crippen LogP contribution in [0, 0.1) is 0 Å². The molecule has 0 saturated heterocycles. The van der Waals surface area contributed by atoms with Gasteiger partial charge in [-0.15, -0.1) is 0 Å². The first-order chi connectivity index (χ1) is 4.36. The maximum Gasteiger partial charge on any atom is 0.142 e. The zero-order chi connectivity index (χ0) is 6.69. The van der Waals surface area contributed by atoms with E-state index < -0.39 is 0 Å². The van der Waals surface area contributed by atoms with Crippen molar-refractivity contribution in [3.63, 3.8) is 0 Å². The SMILES string of the molecule is C=CC1=NOC(CBr)C1. The van der Waals surface area contributed by atoms with E-state index in [1.165, 1.54) is 0 Å². The zero-order valence-electron chi connectivity index (χ0n) is 5.01. The summed E-state index contributed by atoms with van der Waals surface area (Å²) >= 11 is 3.30. The van der Waals surface area contributed by atoms with Crippen molar-refractivity contribution in [1.29, 1.82) is 0 Å². The number of alkyl halides is 1. The molecule has 1 atom stereocenters. The van der Waals surface area contributed by atoms with Crippen molar-refractivity contribution in [1.82, 2.24) is 0 Å². The molecule has 50 valence electrons. The van der Waals surface area contributed by atoms with Crippen LogP contribution in [0.25, 0.3) is 0 Å². The number of hydrogen-bond donors (Lipinski definition) is 0. The molecule has 0 spiro atoms. The smallest absolute Gasteiger partial charge is 0.142 e. The van der Waals surface area contributed by atoms with E-state index in [9.17, 15) is 0 Å². The Hall–Kier alpha value is -0.310. The molecule has 1 unspecified atom stereocenters. The number of oxime groups is 1. The van der Waals surface area contributed by atoms with Crippen LogP contribution in [0.2, 0.25) is 0 Å². The summed E-state index contributed by atoms with van der Waals surface area (Å²) in [5.74, 6) is 0. The van der Waals surface area contributed by atoms with Gasteiger partial charge in [0, 0.05) is 11.8 Å². The number of hydrogen-bond acceptors (Lipinski definition) is 2. The van der Waals surface area contributed by atoms with Gasteiger partial charge in [0.2, 0.25) is 0 Å². The average molecular weight is 190 g/mol. The molecular weight excluding hydrogens is 182 g/mol. The summed E-state index contributed by atoms with van der Waals surface area (Å²) in [6.45, 7) is 3.59. The van der Waals surface area contributed by atoms with Gasteiger partial charge in [-0.25, -0.2) is 0 Å². The highest BCUT2D eigenvalue weighted by Crippen LogP contribution is 2.12. The molecule has 0 N–H and O–H groups in total. The first-order valence-electron chi connectivity index (χ1n) is 2.78. The third-order valence-corrected chi connectivity index (χ3v) is 1.89. The fourth-order valence-electron chi connectivity index (χ4n) is 0.653. The van der Waals surface area contributed by atoms with Gasteiger partial charge >= 0.3 is 0 Å². The topological polar surface area (TPSA) is 21.6 Å². The molecule has 2 nitrogen and oxygen atoms in total. The molecule has 0 amide bonds. The van der Waals surface area contributed by atoms with E-state index >= 15 is 0 Å². The Morgan fingerprint density at radius 2 is 2.78 bits per heavy atom. The highest BCUT2D eigenvalue weighted by Gasteiger charge is 2.16. The van der Waals surface area contributed by atoms with Crippen LogP contribution >= 0.6 is 15.9 Å². The van der Waals surface area contributed by atoms with E-state index in [0.29, 0.717) is 0 Å². The van der Waals surface area contributed by atoms with Crippen LogP contribution in [0.15, 0.2) is 17.8 Å². The first kappa shape index (κ1) is 6.81. The molecule has 9 heavy (non-hydrogen) atoms. The molecule has 0 radical (unpaired) electrons. The molecule has 3 heteroatoms. The summed E-state index contributed by atoms with van der Waals surface area (Å²) in [6, 6.07) is 0. The Kier molecular flexibility index (Phi) is 2.28. The molecule has 1 rings (SSSR count). The van der Waals surface area contributed by atoms with E-state index in [-0.39, 0.29) is 6.10 Å². The first-order valence-corrected chi connectivity index (χ1v) is 3.90.